The summed E-state index contributed by atoms with van der Waals surface area (Å²) in [5, 5.41) is 5.66. The Morgan fingerprint density at radius 1 is 0.917 bits per heavy atom. The van der Waals surface area contributed by atoms with Crippen molar-refractivity contribution >= 4 is 27.6 Å². The molecule has 0 bridgehead atoms. The van der Waals surface area contributed by atoms with Crippen LogP contribution in [0.4, 0.5) is 17.6 Å². The van der Waals surface area contributed by atoms with Crippen molar-refractivity contribution in [2.24, 2.45) is 0 Å². The van der Waals surface area contributed by atoms with E-state index in [0.717, 1.165) is 5.56 Å². The van der Waals surface area contributed by atoms with Crippen molar-refractivity contribution in [2.75, 3.05) is 29.5 Å². The fourth-order valence-corrected chi connectivity index (χ4v) is 3.06. The summed E-state index contributed by atoms with van der Waals surface area (Å²) in [4.78, 5) is 8.44. The van der Waals surface area contributed by atoms with Crippen molar-refractivity contribution < 1.29 is 8.42 Å². The van der Waals surface area contributed by atoms with Gasteiger partial charge in [-0.15, -0.1) is 0 Å². The molecule has 1 heterocycles. The normalized spacial score (nSPS) is 11.9. The van der Waals surface area contributed by atoms with Gasteiger partial charge >= 0.3 is 0 Å². The average molecular weight is 349 g/mol. The average Bonchev–Trinajstić information content (AvgIpc) is 2.53. The number of nitrogens with zero attached hydrogens (tertiary/aromatic N) is 2. The Hall–Kier alpha value is -2.35. The van der Waals surface area contributed by atoms with Gasteiger partial charge < -0.3 is 10.6 Å². The van der Waals surface area contributed by atoms with Crippen LogP contribution >= 0.6 is 0 Å². The van der Waals surface area contributed by atoms with Crippen LogP contribution in [-0.4, -0.2) is 32.5 Å². The highest BCUT2D eigenvalue weighted by atomic mass is 32.2. The molecule has 0 saturated heterocycles. The van der Waals surface area contributed by atoms with Gasteiger partial charge in [-0.25, -0.2) is 8.42 Å². The fourth-order valence-electron chi connectivity index (χ4n) is 2.07. The Morgan fingerprint density at radius 2 is 1.50 bits per heavy atom. The van der Waals surface area contributed by atoms with Crippen LogP contribution < -0.4 is 15.4 Å². The van der Waals surface area contributed by atoms with Crippen molar-refractivity contribution in [3.63, 3.8) is 0 Å². The van der Waals surface area contributed by atoms with Gasteiger partial charge in [0, 0.05) is 20.2 Å². The van der Waals surface area contributed by atoms with E-state index in [1.54, 1.807) is 26.2 Å². The predicted molar refractivity (Wildman–Crippen MR) is 97.1 cm³/mol. The molecule has 0 amide bonds. The van der Waals surface area contributed by atoms with Crippen LogP contribution in [0.15, 0.2) is 35.2 Å². The molecule has 0 aliphatic carbocycles. The molecule has 0 atom stereocenters. The number of nitrogens with one attached hydrogen (secondary N) is 3. The second-order valence-corrected chi connectivity index (χ2v) is 8.02. The third-order valence-electron chi connectivity index (χ3n) is 3.48. The number of benzene rings is 1. The number of hydrogen-bond acceptors (Lipinski definition) is 6. The molecule has 0 spiro atoms. The van der Waals surface area contributed by atoms with Crippen molar-refractivity contribution in [3.8, 4) is 0 Å². The van der Waals surface area contributed by atoms with E-state index in [1.807, 2.05) is 12.1 Å². The Balaban J connectivity index is 2.31. The molecule has 0 radical (unpaired) electrons. The van der Waals surface area contributed by atoms with Gasteiger partial charge in [-0.05, 0) is 23.1 Å². The van der Waals surface area contributed by atoms with Gasteiger partial charge in [-0.1, -0.05) is 32.9 Å². The van der Waals surface area contributed by atoms with Crippen LogP contribution in [0.25, 0.3) is 0 Å². The summed E-state index contributed by atoms with van der Waals surface area (Å²) >= 11 is 0. The molecule has 0 aliphatic heterocycles. The van der Waals surface area contributed by atoms with E-state index in [0.29, 0.717) is 11.8 Å². The summed E-state index contributed by atoms with van der Waals surface area (Å²) in [6.07, 6.45) is 0. The van der Waals surface area contributed by atoms with E-state index in [9.17, 15) is 8.42 Å². The van der Waals surface area contributed by atoms with E-state index in [1.165, 1.54) is 6.07 Å². The van der Waals surface area contributed by atoms with E-state index >= 15 is 0 Å². The standard InChI is InChI=1S/C16H23N5O2S/c1-16(2,3)11-6-8-12(9-7-11)24(22,23)21-14-10-13(17-4)19-15(18-5)20-14/h6-10H,1-5H3,(H3,17,18,19,20,21). The lowest BCUT2D eigenvalue weighted by Crippen LogP contribution is -2.16. The molecule has 0 saturated carbocycles. The number of aromatic nitrogens is 2. The third-order valence-corrected chi connectivity index (χ3v) is 4.85. The summed E-state index contributed by atoms with van der Waals surface area (Å²) in [5.74, 6) is 1.02. The Kier molecular flexibility index (Phi) is 4.98. The monoisotopic (exact) mass is 349 g/mol. The molecule has 0 aliphatic rings. The summed E-state index contributed by atoms with van der Waals surface area (Å²) in [6, 6.07) is 8.38. The highest BCUT2D eigenvalue weighted by Crippen LogP contribution is 2.24. The molecule has 7 nitrogen and oxygen atoms in total. The molecular formula is C16H23N5O2S. The molecule has 3 N–H and O–H groups in total. The van der Waals surface area contributed by atoms with Gasteiger partial charge in [-0.3, -0.25) is 4.72 Å². The van der Waals surface area contributed by atoms with Crippen LogP contribution in [0, 0.1) is 0 Å². The first-order valence-electron chi connectivity index (χ1n) is 7.53. The van der Waals surface area contributed by atoms with E-state index in [-0.39, 0.29) is 16.1 Å². The zero-order chi connectivity index (χ0) is 18.0. The molecule has 0 unspecified atom stereocenters. The molecule has 1 aromatic carbocycles. The molecule has 1 aromatic heterocycles. The number of sulfonamides is 1. The van der Waals surface area contributed by atoms with Gasteiger partial charge in [0.2, 0.25) is 5.95 Å². The van der Waals surface area contributed by atoms with Gasteiger partial charge in [-0.2, -0.15) is 9.97 Å². The fraction of sp³-hybridized carbons (Fsp3) is 0.375. The van der Waals surface area contributed by atoms with Crippen molar-refractivity contribution in [1.29, 1.82) is 0 Å². The van der Waals surface area contributed by atoms with Gasteiger partial charge in [0.1, 0.15) is 11.6 Å². The van der Waals surface area contributed by atoms with Gasteiger partial charge in [0.25, 0.3) is 10.0 Å². The quantitative estimate of drug-likeness (QED) is 0.768. The minimum absolute atomic E-state index is 0.0359. The molecule has 24 heavy (non-hydrogen) atoms. The van der Waals surface area contributed by atoms with Crippen molar-refractivity contribution in [2.45, 2.75) is 31.1 Å². The number of rotatable bonds is 5. The second kappa shape index (κ2) is 6.64. The first-order valence-corrected chi connectivity index (χ1v) is 9.02. The van der Waals surface area contributed by atoms with Gasteiger partial charge in [0.05, 0.1) is 4.90 Å². The minimum atomic E-state index is -3.72. The molecule has 2 aromatic rings. The highest BCUT2D eigenvalue weighted by Gasteiger charge is 2.18. The lowest BCUT2D eigenvalue weighted by molar-refractivity contribution is 0.587. The predicted octanol–water partition coefficient (Wildman–Crippen LogP) is 2.66. The Morgan fingerprint density at radius 3 is 2.00 bits per heavy atom. The summed E-state index contributed by atoms with van der Waals surface area (Å²) in [5.41, 5.74) is 1.03. The van der Waals surface area contributed by atoms with E-state index in [2.05, 4.69) is 46.1 Å². The van der Waals surface area contributed by atoms with Crippen LogP contribution in [0.1, 0.15) is 26.3 Å². The van der Waals surface area contributed by atoms with Crippen molar-refractivity contribution in [1.82, 2.24) is 9.97 Å². The lowest BCUT2D eigenvalue weighted by atomic mass is 9.87. The minimum Gasteiger partial charge on any atom is -0.373 e. The van der Waals surface area contributed by atoms with Crippen LogP contribution in [0.5, 0.6) is 0 Å². The Labute approximate surface area is 143 Å². The van der Waals surface area contributed by atoms with E-state index in [4.69, 9.17) is 0 Å². The highest BCUT2D eigenvalue weighted by molar-refractivity contribution is 7.92. The maximum Gasteiger partial charge on any atom is 0.263 e. The third kappa shape index (κ3) is 4.14. The molecule has 8 heteroatoms. The molecule has 2 rings (SSSR count). The second-order valence-electron chi connectivity index (χ2n) is 6.34. The summed E-state index contributed by atoms with van der Waals surface area (Å²) in [7, 11) is -0.357. The maximum absolute atomic E-state index is 12.5. The largest absolute Gasteiger partial charge is 0.373 e. The zero-order valence-electron chi connectivity index (χ0n) is 14.5. The van der Waals surface area contributed by atoms with Crippen LogP contribution in [-0.2, 0) is 15.4 Å². The topological polar surface area (TPSA) is 96.0 Å². The Bertz CT molecular complexity index is 789. The SMILES string of the molecule is CNc1cc(NS(=O)(=O)c2ccc(C(C)(C)C)cc2)nc(NC)n1. The zero-order valence-corrected chi connectivity index (χ0v) is 15.3. The van der Waals surface area contributed by atoms with Crippen LogP contribution in [0.3, 0.4) is 0 Å². The molecular weight excluding hydrogens is 326 g/mol. The maximum atomic E-state index is 12.5. The number of hydrogen-bond donors (Lipinski definition) is 3. The first kappa shape index (κ1) is 18.0. The molecule has 0 fully saturated rings. The summed E-state index contributed by atoms with van der Waals surface area (Å²) in [6.45, 7) is 6.23. The molecule has 130 valence electrons. The lowest BCUT2D eigenvalue weighted by Gasteiger charge is -2.19. The number of anilines is 3. The van der Waals surface area contributed by atoms with E-state index < -0.39 is 10.0 Å². The smallest absolute Gasteiger partial charge is 0.263 e. The van der Waals surface area contributed by atoms with Gasteiger partial charge in [0.15, 0.2) is 0 Å². The summed E-state index contributed by atoms with van der Waals surface area (Å²) < 4.78 is 27.6. The van der Waals surface area contributed by atoms with Crippen LogP contribution in [0.2, 0.25) is 0 Å². The first-order chi connectivity index (χ1) is 11.2. The van der Waals surface area contributed by atoms with Crippen molar-refractivity contribution in [3.05, 3.63) is 35.9 Å².